The number of aliphatic hydroxyl groups is 1. The Bertz CT molecular complexity index is 688. The summed E-state index contributed by atoms with van der Waals surface area (Å²) in [6.45, 7) is 6.67. The zero-order valence-electron chi connectivity index (χ0n) is 16.8. The number of hydrogen-bond donors (Lipinski definition) is 1. The van der Waals surface area contributed by atoms with Crippen molar-refractivity contribution in [2.45, 2.75) is 57.9 Å². The standard InChI is InChI=1S/C21H30N2O5/c1-21(2,3)28-20(26)23-17(13-24)11-16-12-22(10-9-18(16)23)19(25)27-14-15-7-5-4-6-8-15/h4-8,16-18,24H,9-14H2,1-3H3/t16-,17+,18+/m0/s1. The molecule has 0 radical (unpaired) electrons. The summed E-state index contributed by atoms with van der Waals surface area (Å²) in [5.74, 6) is 0.114. The van der Waals surface area contributed by atoms with Crippen molar-refractivity contribution in [1.29, 1.82) is 0 Å². The van der Waals surface area contributed by atoms with Gasteiger partial charge < -0.3 is 19.5 Å². The molecule has 2 fully saturated rings. The average molecular weight is 390 g/mol. The zero-order chi connectivity index (χ0) is 20.3. The molecule has 2 aliphatic rings. The molecule has 0 bridgehead atoms. The van der Waals surface area contributed by atoms with Crippen LogP contribution in [-0.2, 0) is 16.1 Å². The summed E-state index contributed by atoms with van der Waals surface area (Å²) in [6.07, 6.45) is 0.585. The average Bonchev–Trinajstić information content (AvgIpc) is 3.03. The van der Waals surface area contributed by atoms with Gasteiger partial charge in [0.25, 0.3) is 0 Å². The Morgan fingerprint density at radius 1 is 1.18 bits per heavy atom. The van der Waals surface area contributed by atoms with Gasteiger partial charge in [-0.2, -0.15) is 0 Å². The van der Waals surface area contributed by atoms with E-state index in [1.54, 1.807) is 9.80 Å². The lowest BCUT2D eigenvalue weighted by atomic mass is 9.92. The quantitative estimate of drug-likeness (QED) is 0.858. The van der Waals surface area contributed by atoms with E-state index < -0.39 is 5.60 Å². The van der Waals surface area contributed by atoms with E-state index in [2.05, 4.69) is 0 Å². The van der Waals surface area contributed by atoms with Gasteiger partial charge in [-0.3, -0.25) is 4.90 Å². The van der Waals surface area contributed by atoms with E-state index in [0.29, 0.717) is 25.9 Å². The fourth-order valence-electron chi connectivity index (χ4n) is 4.09. The highest BCUT2D eigenvalue weighted by Gasteiger charge is 2.48. The van der Waals surface area contributed by atoms with Gasteiger partial charge in [0.15, 0.2) is 0 Å². The van der Waals surface area contributed by atoms with Crippen molar-refractivity contribution in [2.24, 2.45) is 5.92 Å². The van der Waals surface area contributed by atoms with Crippen LogP contribution in [0.4, 0.5) is 9.59 Å². The SMILES string of the molecule is CC(C)(C)OC(=O)N1[C@@H](CO)C[C@H]2CN(C(=O)OCc3ccccc3)CC[C@H]21. The molecule has 7 heteroatoms. The van der Waals surface area contributed by atoms with Crippen molar-refractivity contribution in [2.75, 3.05) is 19.7 Å². The predicted octanol–water partition coefficient (Wildman–Crippen LogP) is 3.02. The number of rotatable bonds is 3. The van der Waals surface area contributed by atoms with Crippen molar-refractivity contribution in [3.8, 4) is 0 Å². The molecule has 2 amide bonds. The van der Waals surface area contributed by atoms with Crippen LogP contribution < -0.4 is 0 Å². The summed E-state index contributed by atoms with van der Waals surface area (Å²) in [5.41, 5.74) is 0.361. The van der Waals surface area contributed by atoms with Crippen LogP contribution in [0.2, 0.25) is 0 Å². The van der Waals surface area contributed by atoms with Crippen LogP contribution >= 0.6 is 0 Å². The van der Waals surface area contributed by atoms with Crippen LogP contribution in [0.5, 0.6) is 0 Å². The van der Waals surface area contributed by atoms with Crippen molar-refractivity contribution < 1.29 is 24.2 Å². The Morgan fingerprint density at radius 2 is 1.89 bits per heavy atom. The normalized spacial score (nSPS) is 24.6. The van der Waals surface area contributed by atoms with Crippen LogP contribution in [0.25, 0.3) is 0 Å². The fraction of sp³-hybridized carbons (Fsp3) is 0.619. The molecular weight excluding hydrogens is 360 g/mol. The maximum atomic E-state index is 12.6. The second-order valence-corrected chi connectivity index (χ2v) is 8.56. The first-order chi connectivity index (χ1) is 13.3. The van der Waals surface area contributed by atoms with Gasteiger partial charge in [0.05, 0.1) is 12.6 Å². The van der Waals surface area contributed by atoms with E-state index in [0.717, 1.165) is 5.56 Å². The fourth-order valence-corrected chi connectivity index (χ4v) is 4.09. The number of fused-ring (bicyclic) bond motifs is 1. The third kappa shape index (κ3) is 4.76. The van der Waals surface area contributed by atoms with Crippen molar-refractivity contribution in [3.05, 3.63) is 35.9 Å². The molecule has 1 aromatic carbocycles. The molecule has 0 aliphatic carbocycles. The molecule has 7 nitrogen and oxygen atoms in total. The number of ether oxygens (including phenoxy) is 2. The largest absolute Gasteiger partial charge is 0.445 e. The first-order valence-corrected chi connectivity index (χ1v) is 9.86. The second-order valence-electron chi connectivity index (χ2n) is 8.56. The van der Waals surface area contributed by atoms with Gasteiger partial charge in [-0.15, -0.1) is 0 Å². The zero-order valence-corrected chi connectivity index (χ0v) is 16.8. The third-order valence-electron chi connectivity index (χ3n) is 5.30. The number of benzene rings is 1. The van der Waals surface area contributed by atoms with Crippen molar-refractivity contribution in [3.63, 3.8) is 0 Å². The van der Waals surface area contributed by atoms with Gasteiger partial charge in [0.2, 0.25) is 0 Å². The lowest BCUT2D eigenvalue weighted by molar-refractivity contribution is 0.00151. The lowest BCUT2D eigenvalue weighted by Gasteiger charge is -2.38. The molecule has 154 valence electrons. The van der Waals surface area contributed by atoms with Crippen molar-refractivity contribution >= 4 is 12.2 Å². The van der Waals surface area contributed by atoms with Crippen molar-refractivity contribution in [1.82, 2.24) is 9.80 Å². The number of carbonyl (C=O) groups excluding carboxylic acids is 2. The molecule has 3 atom stereocenters. The predicted molar refractivity (Wildman–Crippen MR) is 104 cm³/mol. The maximum Gasteiger partial charge on any atom is 0.410 e. The van der Waals surface area contributed by atoms with Gasteiger partial charge in [-0.1, -0.05) is 30.3 Å². The summed E-state index contributed by atoms with van der Waals surface area (Å²) in [7, 11) is 0. The van der Waals surface area contributed by atoms with E-state index in [9.17, 15) is 14.7 Å². The summed E-state index contributed by atoms with van der Waals surface area (Å²) >= 11 is 0. The molecular formula is C21H30N2O5. The van der Waals surface area contributed by atoms with Gasteiger partial charge in [0.1, 0.15) is 12.2 Å². The van der Waals surface area contributed by atoms with E-state index in [1.807, 2.05) is 51.1 Å². The highest BCUT2D eigenvalue weighted by atomic mass is 16.6. The first kappa shape index (κ1) is 20.5. The Balaban J connectivity index is 1.59. The molecule has 0 saturated carbocycles. The Labute approximate surface area is 166 Å². The molecule has 1 aromatic rings. The number of amides is 2. The Kier molecular flexibility index (Phi) is 6.13. The Hall–Kier alpha value is -2.28. The van der Waals surface area contributed by atoms with Gasteiger partial charge in [-0.05, 0) is 45.1 Å². The summed E-state index contributed by atoms with van der Waals surface area (Å²) in [5, 5.41) is 9.76. The van der Waals surface area contributed by atoms with Crippen LogP contribution in [0.1, 0.15) is 39.2 Å². The maximum absolute atomic E-state index is 12.6. The molecule has 2 saturated heterocycles. The minimum Gasteiger partial charge on any atom is -0.445 e. The second kappa shape index (κ2) is 8.39. The van der Waals surface area contributed by atoms with Crippen LogP contribution in [0, 0.1) is 5.92 Å². The van der Waals surface area contributed by atoms with Crippen LogP contribution in [0.15, 0.2) is 30.3 Å². The van der Waals surface area contributed by atoms with E-state index in [1.165, 1.54) is 0 Å². The number of carbonyl (C=O) groups is 2. The summed E-state index contributed by atoms with van der Waals surface area (Å²) in [4.78, 5) is 28.5. The summed E-state index contributed by atoms with van der Waals surface area (Å²) < 4.78 is 11.0. The van der Waals surface area contributed by atoms with E-state index >= 15 is 0 Å². The monoisotopic (exact) mass is 390 g/mol. The minimum absolute atomic E-state index is 0.0230. The summed E-state index contributed by atoms with van der Waals surface area (Å²) in [6, 6.07) is 9.28. The van der Waals surface area contributed by atoms with Crippen LogP contribution in [-0.4, -0.2) is 64.5 Å². The number of hydrogen-bond acceptors (Lipinski definition) is 5. The lowest BCUT2D eigenvalue weighted by Crippen LogP contribution is -2.51. The number of piperidine rings is 1. The minimum atomic E-state index is -0.586. The molecule has 28 heavy (non-hydrogen) atoms. The Morgan fingerprint density at radius 3 is 2.54 bits per heavy atom. The third-order valence-corrected chi connectivity index (χ3v) is 5.30. The van der Waals surface area contributed by atoms with Crippen LogP contribution in [0.3, 0.4) is 0 Å². The molecule has 2 aliphatic heterocycles. The first-order valence-electron chi connectivity index (χ1n) is 9.86. The van der Waals surface area contributed by atoms with E-state index in [4.69, 9.17) is 9.47 Å². The molecule has 2 heterocycles. The molecule has 3 rings (SSSR count). The topological polar surface area (TPSA) is 79.3 Å². The molecule has 0 spiro atoms. The van der Waals surface area contributed by atoms with Gasteiger partial charge in [-0.25, -0.2) is 9.59 Å². The van der Waals surface area contributed by atoms with Gasteiger partial charge >= 0.3 is 12.2 Å². The highest BCUT2D eigenvalue weighted by Crippen LogP contribution is 2.36. The molecule has 0 aromatic heterocycles. The molecule has 0 unspecified atom stereocenters. The van der Waals surface area contributed by atoms with Gasteiger partial charge in [0, 0.05) is 19.1 Å². The highest BCUT2D eigenvalue weighted by molar-refractivity contribution is 5.70. The number of aliphatic hydroxyl groups excluding tert-OH is 1. The number of nitrogens with zero attached hydrogens (tertiary/aromatic N) is 2. The van der Waals surface area contributed by atoms with E-state index in [-0.39, 0.29) is 43.4 Å². The number of likely N-dealkylation sites (tertiary alicyclic amines) is 2. The molecule has 1 N–H and O–H groups in total. The smallest absolute Gasteiger partial charge is 0.410 e.